The van der Waals surface area contributed by atoms with Gasteiger partial charge in [0, 0.05) is 23.8 Å². The van der Waals surface area contributed by atoms with E-state index < -0.39 is 9.05 Å². The Morgan fingerprint density at radius 2 is 1.95 bits per heavy atom. The zero-order valence-corrected chi connectivity index (χ0v) is 13.7. The number of carbonyl (C=O) groups excluding carboxylic acids is 1. The molecular formula is C14H19ClN2O3S. The van der Waals surface area contributed by atoms with Crippen molar-refractivity contribution in [3.05, 3.63) is 18.2 Å². The van der Waals surface area contributed by atoms with Gasteiger partial charge >= 0.3 is 0 Å². The molecule has 21 heavy (non-hydrogen) atoms. The number of hydrogen-bond acceptors (Lipinski definition) is 4. The third-order valence-corrected chi connectivity index (χ3v) is 4.96. The van der Waals surface area contributed by atoms with Gasteiger partial charge in [0.2, 0.25) is 5.91 Å². The van der Waals surface area contributed by atoms with Crippen molar-refractivity contribution in [3.63, 3.8) is 0 Å². The normalized spacial score (nSPS) is 15.3. The maximum Gasteiger partial charge on any atom is 0.261 e. The number of amides is 1. The molecule has 0 fully saturated rings. The standard InChI is InChI=1S/C14H19ClN2O3S/c1-3-5-8-17-13-9-11(21(15,19)20)6-7-12(13)16(4-2)10-14(17)18/h6-7,9H,3-5,8,10H2,1-2H3. The molecule has 5 nitrogen and oxygen atoms in total. The summed E-state index contributed by atoms with van der Waals surface area (Å²) in [7, 11) is 1.61. The quantitative estimate of drug-likeness (QED) is 0.779. The first-order valence-electron chi connectivity index (χ1n) is 7.02. The van der Waals surface area contributed by atoms with Crippen molar-refractivity contribution in [3.8, 4) is 0 Å². The summed E-state index contributed by atoms with van der Waals surface area (Å²) in [6, 6.07) is 4.70. The molecule has 7 heteroatoms. The molecule has 0 aliphatic carbocycles. The van der Waals surface area contributed by atoms with Crippen LogP contribution in [0.3, 0.4) is 0 Å². The minimum atomic E-state index is -3.81. The number of unbranched alkanes of at least 4 members (excludes halogenated alkanes) is 1. The molecule has 1 aliphatic rings. The molecule has 0 bridgehead atoms. The predicted molar refractivity (Wildman–Crippen MR) is 84.6 cm³/mol. The van der Waals surface area contributed by atoms with Gasteiger partial charge in [-0.05, 0) is 31.5 Å². The van der Waals surface area contributed by atoms with Crippen LogP contribution in [0.15, 0.2) is 23.1 Å². The molecule has 0 radical (unpaired) electrons. The second-order valence-corrected chi connectivity index (χ2v) is 7.57. The first-order chi connectivity index (χ1) is 9.88. The minimum absolute atomic E-state index is 0.0121. The van der Waals surface area contributed by atoms with Crippen molar-refractivity contribution in [1.82, 2.24) is 0 Å². The molecule has 116 valence electrons. The van der Waals surface area contributed by atoms with Crippen molar-refractivity contribution < 1.29 is 13.2 Å². The molecule has 1 amide bonds. The fourth-order valence-electron chi connectivity index (χ4n) is 2.45. The molecule has 1 heterocycles. The Labute approximate surface area is 129 Å². The Balaban J connectivity index is 2.52. The summed E-state index contributed by atoms with van der Waals surface area (Å²) in [5.74, 6) is -0.0121. The summed E-state index contributed by atoms with van der Waals surface area (Å²) < 4.78 is 23.0. The van der Waals surface area contributed by atoms with Crippen molar-refractivity contribution in [2.24, 2.45) is 0 Å². The second-order valence-electron chi connectivity index (χ2n) is 5.00. The lowest BCUT2D eigenvalue weighted by molar-refractivity contribution is -0.117. The lowest BCUT2D eigenvalue weighted by atomic mass is 10.1. The summed E-state index contributed by atoms with van der Waals surface area (Å²) in [5.41, 5.74) is 1.50. The van der Waals surface area contributed by atoms with Gasteiger partial charge in [0.15, 0.2) is 0 Å². The van der Waals surface area contributed by atoms with Crippen molar-refractivity contribution in [2.45, 2.75) is 31.6 Å². The number of anilines is 2. The van der Waals surface area contributed by atoms with E-state index >= 15 is 0 Å². The number of likely N-dealkylation sites (N-methyl/N-ethyl adjacent to an activating group) is 1. The van der Waals surface area contributed by atoms with Crippen LogP contribution in [-0.2, 0) is 13.8 Å². The molecule has 1 aliphatic heterocycles. The molecule has 0 atom stereocenters. The lowest BCUT2D eigenvalue weighted by Crippen LogP contribution is -2.46. The molecule has 0 saturated carbocycles. The van der Waals surface area contributed by atoms with Crippen LogP contribution < -0.4 is 9.80 Å². The average molecular weight is 331 g/mol. The van der Waals surface area contributed by atoms with Crippen molar-refractivity contribution in [2.75, 3.05) is 29.4 Å². The average Bonchev–Trinajstić information content (AvgIpc) is 2.44. The maximum absolute atomic E-state index is 12.3. The van der Waals surface area contributed by atoms with Crippen LogP contribution in [0.2, 0.25) is 0 Å². The molecule has 0 unspecified atom stereocenters. The highest BCUT2D eigenvalue weighted by Crippen LogP contribution is 2.36. The summed E-state index contributed by atoms with van der Waals surface area (Å²) in [5, 5.41) is 0. The van der Waals surface area contributed by atoms with E-state index in [1.165, 1.54) is 12.1 Å². The van der Waals surface area contributed by atoms with E-state index in [1.54, 1.807) is 11.0 Å². The van der Waals surface area contributed by atoms with E-state index in [0.29, 0.717) is 25.3 Å². The van der Waals surface area contributed by atoms with Crippen LogP contribution in [0.4, 0.5) is 11.4 Å². The van der Waals surface area contributed by atoms with Gasteiger partial charge in [-0.15, -0.1) is 0 Å². The first kappa shape index (κ1) is 16.1. The molecule has 1 aromatic carbocycles. The van der Waals surface area contributed by atoms with Crippen LogP contribution in [0.25, 0.3) is 0 Å². The number of halogens is 1. The highest BCUT2D eigenvalue weighted by molar-refractivity contribution is 8.13. The second kappa shape index (κ2) is 6.23. The van der Waals surface area contributed by atoms with Gasteiger partial charge in [0.25, 0.3) is 9.05 Å². The van der Waals surface area contributed by atoms with Gasteiger partial charge in [-0.25, -0.2) is 8.42 Å². The van der Waals surface area contributed by atoms with Crippen LogP contribution in [-0.4, -0.2) is 34.0 Å². The molecule has 0 N–H and O–H groups in total. The van der Waals surface area contributed by atoms with E-state index in [2.05, 4.69) is 0 Å². The minimum Gasteiger partial charge on any atom is -0.361 e. The fourth-order valence-corrected chi connectivity index (χ4v) is 3.22. The SMILES string of the molecule is CCCCN1C(=O)CN(CC)c2ccc(S(=O)(=O)Cl)cc21. The fraction of sp³-hybridized carbons (Fsp3) is 0.500. The number of benzene rings is 1. The van der Waals surface area contributed by atoms with Gasteiger partial charge < -0.3 is 9.80 Å². The van der Waals surface area contributed by atoms with Gasteiger partial charge in [0.05, 0.1) is 22.8 Å². The molecule has 0 spiro atoms. The third kappa shape index (κ3) is 3.32. The van der Waals surface area contributed by atoms with Crippen LogP contribution in [0.1, 0.15) is 26.7 Å². The first-order valence-corrected chi connectivity index (χ1v) is 9.33. The summed E-state index contributed by atoms with van der Waals surface area (Å²) in [6.45, 7) is 5.61. The smallest absolute Gasteiger partial charge is 0.261 e. The van der Waals surface area contributed by atoms with Gasteiger partial charge in [-0.1, -0.05) is 13.3 Å². The van der Waals surface area contributed by atoms with Crippen molar-refractivity contribution >= 4 is 37.0 Å². The van der Waals surface area contributed by atoms with E-state index in [4.69, 9.17) is 10.7 Å². The zero-order valence-electron chi connectivity index (χ0n) is 12.2. The summed E-state index contributed by atoms with van der Waals surface area (Å²) >= 11 is 0. The van der Waals surface area contributed by atoms with Gasteiger partial charge in [-0.2, -0.15) is 0 Å². The number of carbonyl (C=O) groups is 1. The topological polar surface area (TPSA) is 57.7 Å². The third-order valence-electron chi connectivity index (χ3n) is 3.60. The van der Waals surface area contributed by atoms with Gasteiger partial charge in [-0.3, -0.25) is 4.79 Å². The van der Waals surface area contributed by atoms with Gasteiger partial charge in [0.1, 0.15) is 0 Å². The highest BCUT2D eigenvalue weighted by atomic mass is 35.7. The molecule has 0 saturated heterocycles. The maximum atomic E-state index is 12.3. The Morgan fingerprint density at radius 3 is 2.52 bits per heavy atom. The Bertz CT molecular complexity index is 646. The summed E-state index contributed by atoms with van der Waals surface area (Å²) in [4.78, 5) is 15.9. The predicted octanol–water partition coefficient (Wildman–Crippen LogP) is 2.59. The van der Waals surface area contributed by atoms with E-state index in [1.807, 2.05) is 18.7 Å². The molecule has 2 rings (SSSR count). The lowest BCUT2D eigenvalue weighted by Gasteiger charge is -2.37. The van der Waals surface area contributed by atoms with Crippen LogP contribution in [0, 0.1) is 0 Å². The Hall–Kier alpha value is -1.27. The number of fused-ring (bicyclic) bond motifs is 1. The van der Waals surface area contributed by atoms with E-state index in [-0.39, 0.29) is 10.8 Å². The summed E-state index contributed by atoms with van der Waals surface area (Å²) in [6.07, 6.45) is 1.83. The van der Waals surface area contributed by atoms with Crippen LogP contribution in [0.5, 0.6) is 0 Å². The monoisotopic (exact) mass is 330 g/mol. The number of nitrogens with zero attached hydrogens (tertiary/aromatic N) is 2. The Morgan fingerprint density at radius 1 is 1.24 bits per heavy atom. The number of hydrogen-bond donors (Lipinski definition) is 0. The number of rotatable bonds is 5. The molecule has 0 aromatic heterocycles. The van der Waals surface area contributed by atoms with E-state index in [0.717, 1.165) is 18.5 Å². The van der Waals surface area contributed by atoms with Crippen molar-refractivity contribution in [1.29, 1.82) is 0 Å². The molecule has 1 aromatic rings. The van der Waals surface area contributed by atoms with E-state index in [9.17, 15) is 13.2 Å². The largest absolute Gasteiger partial charge is 0.361 e. The zero-order chi connectivity index (χ0) is 15.6. The van der Waals surface area contributed by atoms with Crippen LogP contribution >= 0.6 is 10.7 Å². The highest BCUT2D eigenvalue weighted by Gasteiger charge is 2.29. The molecular weight excluding hydrogens is 312 g/mol. The Kier molecular flexibility index (Phi) is 4.78.